The number of rotatable bonds is 3. The molecule has 0 aliphatic carbocycles. The highest BCUT2D eigenvalue weighted by Gasteiger charge is 2.26. The van der Waals surface area contributed by atoms with Crippen molar-refractivity contribution in [2.75, 3.05) is 26.2 Å². The van der Waals surface area contributed by atoms with Crippen molar-refractivity contribution >= 4 is 23.4 Å². The van der Waals surface area contributed by atoms with E-state index in [2.05, 4.69) is 4.90 Å². The predicted molar refractivity (Wildman–Crippen MR) is 89.1 cm³/mol. The highest BCUT2D eigenvalue weighted by Crippen LogP contribution is 2.23. The SMILES string of the molecule is Cc1sc(C(=O)O)cc1CN1CCN(C(=O)OC(C)(C)C)CC1. The molecule has 1 N–H and O–H groups in total. The summed E-state index contributed by atoms with van der Waals surface area (Å²) in [4.78, 5) is 28.4. The van der Waals surface area contributed by atoms with Crippen molar-refractivity contribution in [3.05, 3.63) is 21.4 Å². The van der Waals surface area contributed by atoms with Gasteiger partial charge >= 0.3 is 12.1 Å². The molecule has 0 radical (unpaired) electrons. The lowest BCUT2D eigenvalue weighted by atomic mass is 10.2. The van der Waals surface area contributed by atoms with Crippen LogP contribution in [0.15, 0.2) is 6.07 Å². The van der Waals surface area contributed by atoms with E-state index in [1.807, 2.05) is 27.7 Å². The smallest absolute Gasteiger partial charge is 0.410 e. The third-order valence-electron chi connectivity index (χ3n) is 3.65. The zero-order chi connectivity index (χ0) is 17.2. The monoisotopic (exact) mass is 340 g/mol. The summed E-state index contributed by atoms with van der Waals surface area (Å²) in [6.07, 6.45) is -0.267. The maximum atomic E-state index is 12.0. The molecule has 1 aromatic rings. The summed E-state index contributed by atoms with van der Waals surface area (Å²) < 4.78 is 5.38. The largest absolute Gasteiger partial charge is 0.477 e. The van der Waals surface area contributed by atoms with E-state index in [1.54, 1.807) is 11.0 Å². The fourth-order valence-electron chi connectivity index (χ4n) is 2.44. The molecule has 1 saturated heterocycles. The maximum Gasteiger partial charge on any atom is 0.410 e. The average molecular weight is 340 g/mol. The van der Waals surface area contributed by atoms with E-state index in [4.69, 9.17) is 9.84 Å². The van der Waals surface area contributed by atoms with Crippen molar-refractivity contribution in [3.8, 4) is 0 Å². The van der Waals surface area contributed by atoms with E-state index in [-0.39, 0.29) is 6.09 Å². The number of thiophene rings is 1. The summed E-state index contributed by atoms with van der Waals surface area (Å²) in [5, 5.41) is 9.06. The molecule has 7 heteroatoms. The summed E-state index contributed by atoms with van der Waals surface area (Å²) in [5.74, 6) is -0.876. The second-order valence-electron chi connectivity index (χ2n) is 6.74. The van der Waals surface area contributed by atoms with Crippen LogP contribution in [0.25, 0.3) is 0 Å². The van der Waals surface area contributed by atoms with Gasteiger partial charge in [-0.25, -0.2) is 9.59 Å². The minimum atomic E-state index is -0.876. The summed E-state index contributed by atoms with van der Waals surface area (Å²) in [7, 11) is 0. The molecular weight excluding hydrogens is 316 g/mol. The van der Waals surface area contributed by atoms with Gasteiger partial charge in [-0.3, -0.25) is 4.90 Å². The number of hydrogen-bond donors (Lipinski definition) is 1. The minimum Gasteiger partial charge on any atom is -0.477 e. The van der Waals surface area contributed by atoms with Gasteiger partial charge in [0.1, 0.15) is 10.5 Å². The van der Waals surface area contributed by atoms with Crippen molar-refractivity contribution in [2.24, 2.45) is 0 Å². The van der Waals surface area contributed by atoms with Gasteiger partial charge in [-0.1, -0.05) is 0 Å². The lowest BCUT2D eigenvalue weighted by molar-refractivity contribution is 0.0138. The fourth-order valence-corrected chi connectivity index (χ4v) is 3.31. The van der Waals surface area contributed by atoms with Gasteiger partial charge in [0.15, 0.2) is 0 Å². The van der Waals surface area contributed by atoms with Crippen molar-refractivity contribution < 1.29 is 19.4 Å². The van der Waals surface area contributed by atoms with Crippen LogP contribution in [0.2, 0.25) is 0 Å². The highest BCUT2D eigenvalue weighted by atomic mass is 32.1. The van der Waals surface area contributed by atoms with Crippen LogP contribution in [0, 0.1) is 6.92 Å². The molecule has 128 valence electrons. The lowest BCUT2D eigenvalue weighted by Crippen LogP contribution is -2.49. The molecule has 0 saturated carbocycles. The maximum absolute atomic E-state index is 12.0. The number of carbonyl (C=O) groups excluding carboxylic acids is 1. The number of aryl methyl sites for hydroxylation is 1. The van der Waals surface area contributed by atoms with Crippen LogP contribution in [0.1, 0.15) is 40.9 Å². The van der Waals surface area contributed by atoms with Gasteiger partial charge in [-0.15, -0.1) is 11.3 Å². The number of carboxylic acids is 1. The third kappa shape index (κ3) is 4.94. The van der Waals surface area contributed by atoms with Crippen molar-refractivity contribution in [1.29, 1.82) is 0 Å². The summed E-state index contributed by atoms with van der Waals surface area (Å²) in [5.41, 5.74) is 0.577. The molecule has 6 nitrogen and oxygen atoms in total. The van der Waals surface area contributed by atoms with Gasteiger partial charge in [0.2, 0.25) is 0 Å². The van der Waals surface area contributed by atoms with Crippen molar-refractivity contribution in [2.45, 2.75) is 39.8 Å². The molecule has 1 aliphatic heterocycles. The van der Waals surface area contributed by atoms with E-state index >= 15 is 0 Å². The molecule has 2 rings (SSSR count). The van der Waals surface area contributed by atoms with Gasteiger partial charge < -0.3 is 14.7 Å². The normalized spacial score (nSPS) is 16.4. The van der Waals surface area contributed by atoms with E-state index < -0.39 is 11.6 Å². The molecule has 0 bridgehead atoms. The molecule has 1 amide bonds. The zero-order valence-corrected chi connectivity index (χ0v) is 14.9. The Morgan fingerprint density at radius 3 is 2.35 bits per heavy atom. The standard InChI is InChI=1S/C16H24N2O4S/c1-11-12(9-13(23-11)14(19)20)10-17-5-7-18(8-6-17)15(21)22-16(2,3)4/h9H,5-8,10H2,1-4H3,(H,19,20). The molecule has 1 fully saturated rings. The molecule has 1 aliphatic rings. The second kappa shape index (κ2) is 6.88. The first-order chi connectivity index (χ1) is 10.7. The zero-order valence-electron chi connectivity index (χ0n) is 14.1. The number of carboxylic acid groups (broad SMARTS) is 1. The van der Waals surface area contributed by atoms with Crippen LogP contribution in [-0.2, 0) is 11.3 Å². The molecule has 0 atom stereocenters. The summed E-state index contributed by atoms with van der Waals surface area (Å²) in [6.45, 7) is 11.0. The first kappa shape index (κ1) is 17.7. The lowest BCUT2D eigenvalue weighted by Gasteiger charge is -2.35. The van der Waals surface area contributed by atoms with E-state index in [9.17, 15) is 9.59 Å². The first-order valence-electron chi connectivity index (χ1n) is 7.68. The molecule has 0 spiro atoms. The summed E-state index contributed by atoms with van der Waals surface area (Å²) >= 11 is 1.31. The number of nitrogens with zero attached hydrogens (tertiary/aromatic N) is 2. The van der Waals surface area contributed by atoms with Gasteiger partial charge in [-0.05, 0) is 39.3 Å². The van der Waals surface area contributed by atoms with E-state index in [0.29, 0.717) is 18.0 Å². The van der Waals surface area contributed by atoms with Crippen LogP contribution < -0.4 is 0 Å². The Bertz CT molecular complexity index is 583. The van der Waals surface area contributed by atoms with E-state index in [1.165, 1.54) is 11.3 Å². The Morgan fingerprint density at radius 2 is 1.87 bits per heavy atom. The first-order valence-corrected chi connectivity index (χ1v) is 8.50. The Kier molecular flexibility index (Phi) is 5.31. The van der Waals surface area contributed by atoms with Gasteiger partial charge in [0, 0.05) is 37.6 Å². The van der Waals surface area contributed by atoms with Gasteiger partial charge in [-0.2, -0.15) is 0 Å². The Morgan fingerprint density at radius 1 is 1.26 bits per heavy atom. The number of hydrogen-bond acceptors (Lipinski definition) is 5. The quantitative estimate of drug-likeness (QED) is 0.916. The van der Waals surface area contributed by atoms with Crippen molar-refractivity contribution in [1.82, 2.24) is 9.80 Å². The highest BCUT2D eigenvalue weighted by molar-refractivity contribution is 7.14. The number of piperazine rings is 1. The molecule has 1 aromatic heterocycles. The fraction of sp³-hybridized carbons (Fsp3) is 0.625. The molecular formula is C16H24N2O4S. The average Bonchev–Trinajstić information content (AvgIpc) is 2.79. The van der Waals surface area contributed by atoms with Crippen molar-refractivity contribution in [3.63, 3.8) is 0 Å². The molecule has 0 unspecified atom stereocenters. The van der Waals surface area contributed by atoms with Crippen LogP contribution in [-0.4, -0.2) is 58.7 Å². The predicted octanol–water partition coefficient (Wildman–Crippen LogP) is 2.81. The number of amides is 1. The molecule has 2 heterocycles. The summed E-state index contributed by atoms with van der Waals surface area (Å²) in [6, 6.07) is 1.75. The minimum absolute atomic E-state index is 0.267. The number of ether oxygens (including phenoxy) is 1. The Balaban J connectivity index is 1.88. The number of carbonyl (C=O) groups is 2. The van der Waals surface area contributed by atoms with Crippen LogP contribution in [0.3, 0.4) is 0 Å². The number of aromatic carboxylic acids is 1. The topological polar surface area (TPSA) is 70.1 Å². The second-order valence-corrected chi connectivity index (χ2v) is 8.00. The van der Waals surface area contributed by atoms with Crippen LogP contribution >= 0.6 is 11.3 Å². The third-order valence-corrected chi connectivity index (χ3v) is 4.73. The van der Waals surface area contributed by atoms with Gasteiger partial charge in [0.05, 0.1) is 0 Å². The van der Waals surface area contributed by atoms with Crippen LogP contribution in [0.5, 0.6) is 0 Å². The molecule has 23 heavy (non-hydrogen) atoms. The Labute approximate surface area is 140 Å². The molecule has 0 aromatic carbocycles. The van der Waals surface area contributed by atoms with Gasteiger partial charge in [0.25, 0.3) is 0 Å². The van der Waals surface area contributed by atoms with Crippen LogP contribution in [0.4, 0.5) is 4.79 Å². The Hall–Kier alpha value is -1.60. The van der Waals surface area contributed by atoms with E-state index in [0.717, 1.165) is 30.1 Å².